The van der Waals surface area contributed by atoms with Crippen molar-refractivity contribution in [2.45, 2.75) is 45.1 Å². The standard InChI is InChI=1S/C20H27NO3/c1-2-24-17-7-4-3-6-16(17)19(22)21-14-20(10-5-11-20)18(21)15-8-12-23-13-9-15/h3-4,6-7,15,18H,2,5,8-14H2,1H3. The molecule has 1 unspecified atom stereocenters. The van der Waals surface area contributed by atoms with Crippen LogP contribution in [0.4, 0.5) is 0 Å². The van der Waals surface area contributed by atoms with Crippen LogP contribution in [-0.2, 0) is 4.74 Å². The Labute approximate surface area is 144 Å². The van der Waals surface area contributed by atoms with Gasteiger partial charge >= 0.3 is 0 Å². The molecule has 130 valence electrons. The molecule has 4 heteroatoms. The van der Waals surface area contributed by atoms with Gasteiger partial charge in [0, 0.05) is 31.2 Å². The van der Waals surface area contributed by atoms with E-state index in [0.29, 0.717) is 35.3 Å². The first-order valence-electron chi connectivity index (χ1n) is 9.36. The van der Waals surface area contributed by atoms with Crippen LogP contribution in [-0.4, -0.2) is 43.2 Å². The van der Waals surface area contributed by atoms with Gasteiger partial charge in [0.05, 0.1) is 12.2 Å². The number of hydrogen-bond acceptors (Lipinski definition) is 3. The van der Waals surface area contributed by atoms with E-state index in [-0.39, 0.29) is 5.91 Å². The molecule has 3 fully saturated rings. The topological polar surface area (TPSA) is 38.8 Å². The lowest BCUT2D eigenvalue weighted by atomic mass is 9.54. The first-order chi connectivity index (χ1) is 11.7. The van der Waals surface area contributed by atoms with Gasteiger partial charge in [-0.05, 0) is 50.7 Å². The molecule has 2 heterocycles. The van der Waals surface area contributed by atoms with Gasteiger partial charge in [-0.15, -0.1) is 0 Å². The summed E-state index contributed by atoms with van der Waals surface area (Å²) < 4.78 is 11.2. The average molecular weight is 329 g/mol. The van der Waals surface area contributed by atoms with Gasteiger partial charge < -0.3 is 14.4 Å². The second-order valence-electron chi connectivity index (χ2n) is 7.47. The summed E-state index contributed by atoms with van der Waals surface area (Å²) in [6.07, 6.45) is 6.06. The van der Waals surface area contributed by atoms with Crippen molar-refractivity contribution in [1.29, 1.82) is 0 Å². The highest BCUT2D eigenvalue weighted by atomic mass is 16.5. The summed E-state index contributed by atoms with van der Waals surface area (Å²) in [7, 11) is 0. The van der Waals surface area contributed by atoms with Gasteiger partial charge in [0.15, 0.2) is 0 Å². The van der Waals surface area contributed by atoms with E-state index in [0.717, 1.165) is 32.6 Å². The van der Waals surface area contributed by atoms with Crippen LogP contribution < -0.4 is 4.74 Å². The van der Waals surface area contributed by atoms with Crippen LogP contribution >= 0.6 is 0 Å². The fourth-order valence-corrected chi connectivity index (χ4v) is 4.90. The van der Waals surface area contributed by atoms with Gasteiger partial charge in [0.25, 0.3) is 5.91 Å². The lowest BCUT2D eigenvalue weighted by Crippen LogP contribution is -2.71. The molecule has 1 spiro atoms. The Balaban J connectivity index is 1.57. The predicted molar refractivity (Wildman–Crippen MR) is 92.3 cm³/mol. The number of carbonyl (C=O) groups is 1. The minimum atomic E-state index is 0.146. The lowest BCUT2D eigenvalue weighted by molar-refractivity contribution is -0.140. The Bertz CT molecular complexity index is 605. The molecule has 2 aliphatic heterocycles. The van der Waals surface area contributed by atoms with E-state index in [1.165, 1.54) is 19.3 Å². The Kier molecular flexibility index (Phi) is 4.25. The van der Waals surface area contributed by atoms with Gasteiger partial charge in [0.1, 0.15) is 5.75 Å². The largest absolute Gasteiger partial charge is 0.493 e. The molecule has 1 atom stereocenters. The van der Waals surface area contributed by atoms with Crippen molar-refractivity contribution in [3.05, 3.63) is 29.8 Å². The normalized spacial score (nSPS) is 25.9. The number of carbonyl (C=O) groups excluding carboxylic acids is 1. The van der Waals surface area contributed by atoms with Crippen LogP contribution in [0.2, 0.25) is 0 Å². The Hall–Kier alpha value is -1.55. The first-order valence-corrected chi connectivity index (χ1v) is 9.36. The molecule has 1 aliphatic carbocycles. The Morgan fingerprint density at radius 3 is 2.71 bits per heavy atom. The maximum Gasteiger partial charge on any atom is 0.257 e. The minimum absolute atomic E-state index is 0.146. The molecular formula is C20H27NO3. The van der Waals surface area contributed by atoms with Gasteiger partial charge in [-0.25, -0.2) is 0 Å². The molecule has 0 bridgehead atoms. The highest BCUT2D eigenvalue weighted by Crippen LogP contribution is 2.57. The fraction of sp³-hybridized carbons (Fsp3) is 0.650. The number of amides is 1. The highest BCUT2D eigenvalue weighted by Gasteiger charge is 2.59. The van der Waals surface area contributed by atoms with E-state index >= 15 is 0 Å². The van der Waals surface area contributed by atoms with Crippen LogP contribution in [0.15, 0.2) is 24.3 Å². The predicted octanol–water partition coefficient (Wildman–Crippen LogP) is 3.51. The van der Waals surface area contributed by atoms with Crippen molar-refractivity contribution >= 4 is 5.91 Å². The van der Waals surface area contributed by atoms with Crippen LogP contribution in [0.3, 0.4) is 0 Å². The zero-order valence-electron chi connectivity index (χ0n) is 14.5. The first kappa shape index (κ1) is 15.9. The van der Waals surface area contributed by atoms with Crippen molar-refractivity contribution in [1.82, 2.24) is 4.90 Å². The summed E-state index contributed by atoms with van der Waals surface area (Å²) in [4.78, 5) is 15.4. The van der Waals surface area contributed by atoms with Gasteiger partial charge in [0.2, 0.25) is 0 Å². The Morgan fingerprint density at radius 1 is 1.29 bits per heavy atom. The van der Waals surface area contributed by atoms with Crippen molar-refractivity contribution < 1.29 is 14.3 Å². The molecule has 2 saturated heterocycles. The average Bonchev–Trinajstić information content (AvgIpc) is 2.54. The molecule has 1 aromatic rings. The summed E-state index contributed by atoms with van der Waals surface area (Å²) in [5.41, 5.74) is 1.11. The maximum absolute atomic E-state index is 13.2. The van der Waals surface area contributed by atoms with Crippen molar-refractivity contribution in [3.63, 3.8) is 0 Å². The molecule has 4 rings (SSSR count). The third-order valence-electron chi connectivity index (χ3n) is 6.19. The molecule has 0 N–H and O–H groups in total. The second-order valence-corrected chi connectivity index (χ2v) is 7.47. The zero-order chi connectivity index (χ0) is 16.6. The van der Waals surface area contributed by atoms with E-state index < -0.39 is 0 Å². The third-order valence-corrected chi connectivity index (χ3v) is 6.19. The van der Waals surface area contributed by atoms with E-state index in [1.54, 1.807) is 0 Å². The van der Waals surface area contributed by atoms with E-state index in [1.807, 2.05) is 31.2 Å². The van der Waals surface area contributed by atoms with Crippen LogP contribution in [0.1, 0.15) is 49.4 Å². The summed E-state index contributed by atoms with van der Waals surface area (Å²) in [6, 6.07) is 8.07. The maximum atomic E-state index is 13.2. The zero-order valence-corrected chi connectivity index (χ0v) is 14.5. The van der Waals surface area contributed by atoms with Gasteiger partial charge in [-0.2, -0.15) is 0 Å². The molecule has 3 aliphatic rings. The lowest BCUT2D eigenvalue weighted by Gasteiger charge is -2.65. The number of ether oxygens (including phenoxy) is 2. The molecule has 0 aromatic heterocycles. The molecule has 4 nitrogen and oxygen atoms in total. The fourth-order valence-electron chi connectivity index (χ4n) is 4.90. The Morgan fingerprint density at radius 2 is 2.04 bits per heavy atom. The van der Waals surface area contributed by atoms with E-state index in [4.69, 9.17) is 9.47 Å². The summed E-state index contributed by atoms with van der Waals surface area (Å²) in [5, 5.41) is 0. The highest BCUT2D eigenvalue weighted by molar-refractivity contribution is 5.97. The smallest absolute Gasteiger partial charge is 0.257 e. The minimum Gasteiger partial charge on any atom is -0.493 e. The molecule has 1 saturated carbocycles. The van der Waals surface area contributed by atoms with Crippen LogP contribution in [0, 0.1) is 11.3 Å². The molecule has 1 amide bonds. The number of nitrogens with zero attached hydrogens (tertiary/aromatic N) is 1. The summed E-state index contributed by atoms with van der Waals surface area (Å²) in [5.74, 6) is 1.45. The number of rotatable bonds is 4. The number of benzene rings is 1. The van der Waals surface area contributed by atoms with Gasteiger partial charge in [-0.1, -0.05) is 18.6 Å². The number of likely N-dealkylation sites (tertiary alicyclic amines) is 1. The quantitative estimate of drug-likeness (QED) is 0.848. The third kappa shape index (κ3) is 2.52. The summed E-state index contributed by atoms with van der Waals surface area (Å²) in [6.45, 7) is 5.15. The van der Waals surface area contributed by atoms with E-state index in [2.05, 4.69) is 4.90 Å². The van der Waals surface area contributed by atoms with Crippen molar-refractivity contribution in [2.75, 3.05) is 26.4 Å². The second kappa shape index (κ2) is 6.40. The van der Waals surface area contributed by atoms with Gasteiger partial charge in [-0.3, -0.25) is 4.79 Å². The summed E-state index contributed by atoms with van der Waals surface area (Å²) >= 11 is 0. The molecule has 1 aromatic carbocycles. The SMILES string of the molecule is CCOc1ccccc1C(=O)N1CC2(CCC2)C1C1CCOCC1. The molecule has 0 radical (unpaired) electrons. The van der Waals surface area contributed by atoms with Crippen molar-refractivity contribution in [2.24, 2.45) is 11.3 Å². The number of para-hydroxylation sites is 1. The van der Waals surface area contributed by atoms with E-state index in [9.17, 15) is 4.79 Å². The number of hydrogen-bond donors (Lipinski definition) is 0. The monoisotopic (exact) mass is 329 g/mol. The van der Waals surface area contributed by atoms with Crippen LogP contribution in [0.25, 0.3) is 0 Å². The van der Waals surface area contributed by atoms with Crippen LogP contribution in [0.5, 0.6) is 5.75 Å². The molecular weight excluding hydrogens is 302 g/mol. The van der Waals surface area contributed by atoms with Crippen molar-refractivity contribution in [3.8, 4) is 5.75 Å². The molecule has 24 heavy (non-hydrogen) atoms.